The predicted octanol–water partition coefficient (Wildman–Crippen LogP) is 3.34. The molecule has 1 amide bonds. The van der Waals surface area contributed by atoms with E-state index in [1.54, 1.807) is 38.7 Å². The second-order valence-electron chi connectivity index (χ2n) is 6.83. The highest BCUT2D eigenvalue weighted by molar-refractivity contribution is 5.90. The number of carbonyl (C=O) groups is 1. The second kappa shape index (κ2) is 7.42. The molecule has 1 N–H and O–H groups in total. The lowest BCUT2D eigenvalue weighted by Crippen LogP contribution is -2.36. The molecule has 0 saturated heterocycles. The van der Waals surface area contributed by atoms with E-state index in [9.17, 15) is 4.79 Å². The highest BCUT2D eigenvalue weighted by Gasteiger charge is 2.53. The Bertz CT molecular complexity index is 957. The van der Waals surface area contributed by atoms with Crippen LogP contribution in [0.25, 0.3) is 11.5 Å². The molecule has 4 rings (SSSR count). The monoisotopic (exact) mass is 382 g/mol. The summed E-state index contributed by atoms with van der Waals surface area (Å²) in [7, 11) is 3.21. The molecule has 1 saturated carbocycles. The zero-order valence-corrected chi connectivity index (χ0v) is 15.9. The fraction of sp³-hybridized carbons (Fsp3) is 0.333. The van der Waals surface area contributed by atoms with Gasteiger partial charge < -0.3 is 23.7 Å². The first-order valence-corrected chi connectivity index (χ1v) is 9.16. The molecular formula is C21H22N2O5. The third-order valence-electron chi connectivity index (χ3n) is 5.10. The van der Waals surface area contributed by atoms with Crippen molar-refractivity contribution in [2.24, 2.45) is 0 Å². The molecule has 0 atom stereocenters. The fourth-order valence-corrected chi connectivity index (χ4v) is 3.29. The summed E-state index contributed by atoms with van der Waals surface area (Å²) in [6.45, 7) is 0.527. The van der Waals surface area contributed by atoms with Crippen LogP contribution in [0.5, 0.6) is 11.5 Å². The van der Waals surface area contributed by atoms with Gasteiger partial charge in [-0.15, -0.1) is 0 Å². The number of furan rings is 1. The molecule has 146 valence electrons. The molecule has 1 aromatic carbocycles. The molecule has 3 aromatic rings. The maximum Gasteiger partial charge on any atom is 0.232 e. The van der Waals surface area contributed by atoms with Crippen molar-refractivity contribution in [2.75, 3.05) is 20.8 Å². The molecular weight excluding hydrogens is 360 g/mol. The first kappa shape index (κ1) is 18.2. The van der Waals surface area contributed by atoms with Gasteiger partial charge in [-0.3, -0.25) is 4.79 Å². The molecule has 28 heavy (non-hydrogen) atoms. The minimum Gasteiger partial charge on any atom is -0.493 e. The number of methoxy groups -OCH3 is 2. The van der Waals surface area contributed by atoms with E-state index >= 15 is 0 Å². The lowest BCUT2D eigenvalue weighted by atomic mass is 10.0. The minimum absolute atomic E-state index is 0.0210. The third kappa shape index (κ3) is 3.35. The van der Waals surface area contributed by atoms with Crippen LogP contribution in [-0.2, 0) is 16.6 Å². The largest absolute Gasteiger partial charge is 0.493 e. The summed E-state index contributed by atoms with van der Waals surface area (Å²) in [5, 5.41) is 7.14. The number of rotatable bonds is 8. The highest BCUT2D eigenvalue weighted by atomic mass is 16.5. The molecule has 0 radical (unpaired) electrons. The minimum atomic E-state index is -0.591. The standard InChI is InChI=1S/C21H22N2O5/c1-25-15-6-5-14(12-17(15)26-2)7-10-22-20(24)21(8-9-21)19-13-18(28-23-19)16-4-3-11-27-16/h3-6,11-13H,7-10H2,1-2H3,(H,22,24). The molecule has 0 aliphatic heterocycles. The Kier molecular flexibility index (Phi) is 4.81. The van der Waals surface area contributed by atoms with Crippen molar-refractivity contribution in [3.8, 4) is 23.0 Å². The summed E-state index contributed by atoms with van der Waals surface area (Å²) in [5.74, 6) is 2.48. The predicted molar refractivity (Wildman–Crippen MR) is 101 cm³/mol. The van der Waals surface area contributed by atoms with Gasteiger partial charge in [-0.1, -0.05) is 11.2 Å². The van der Waals surface area contributed by atoms with Crippen LogP contribution in [0.15, 0.2) is 51.6 Å². The third-order valence-corrected chi connectivity index (χ3v) is 5.10. The van der Waals surface area contributed by atoms with Crippen molar-refractivity contribution in [3.63, 3.8) is 0 Å². The fourth-order valence-electron chi connectivity index (χ4n) is 3.29. The van der Waals surface area contributed by atoms with Gasteiger partial charge in [-0.2, -0.15) is 0 Å². The van der Waals surface area contributed by atoms with Crippen LogP contribution in [-0.4, -0.2) is 31.8 Å². The van der Waals surface area contributed by atoms with Crippen LogP contribution in [0.1, 0.15) is 24.1 Å². The number of carbonyl (C=O) groups excluding carboxylic acids is 1. The number of aromatic nitrogens is 1. The summed E-state index contributed by atoms with van der Waals surface area (Å²) >= 11 is 0. The Labute approximate surface area is 162 Å². The molecule has 0 spiro atoms. The second-order valence-corrected chi connectivity index (χ2v) is 6.83. The average Bonchev–Trinajstić information content (AvgIpc) is 3.12. The van der Waals surface area contributed by atoms with E-state index in [1.165, 1.54) is 0 Å². The summed E-state index contributed by atoms with van der Waals surface area (Å²) in [6.07, 6.45) is 3.79. The van der Waals surface area contributed by atoms with E-state index in [0.29, 0.717) is 41.7 Å². The summed E-state index contributed by atoms with van der Waals surface area (Å²) in [4.78, 5) is 12.8. The molecule has 7 nitrogen and oxygen atoms in total. The van der Waals surface area contributed by atoms with Gasteiger partial charge in [0.2, 0.25) is 11.7 Å². The molecule has 7 heteroatoms. The topological polar surface area (TPSA) is 86.7 Å². The molecule has 1 aliphatic carbocycles. The Balaban J connectivity index is 1.38. The first-order valence-electron chi connectivity index (χ1n) is 9.16. The van der Waals surface area contributed by atoms with Crippen LogP contribution in [0, 0.1) is 0 Å². The van der Waals surface area contributed by atoms with Gasteiger partial charge in [-0.05, 0) is 49.1 Å². The van der Waals surface area contributed by atoms with Gasteiger partial charge in [0.15, 0.2) is 17.3 Å². The highest BCUT2D eigenvalue weighted by Crippen LogP contribution is 2.48. The van der Waals surface area contributed by atoms with Crippen molar-refractivity contribution in [1.82, 2.24) is 10.5 Å². The van der Waals surface area contributed by atoms with Crippen LogP contribution >= 0.6 is 0 Å². The van der Waals surface area contributed by atoms with E-state index < -0.39 is 5.41 Å². The van der Waals surface area contributed by atoms with Gasteiger partial charge in [0, 0.05) is 12.6 Å². The molecule has 0 unspecified atom stereocenters. The van der Waals surface area contributed by atoms with E-state index in [2.05, 4.69) is 10.5 Å². The van der Waals surface area contributed by atoms with E-state index in [1.807, 2.05) is 18.2 Å². The number of benzene rings is 1. The van der Waals surface area contributed by atoms with Crippen molar-refractivity contribution in [2.45, 2.75) is 24.7 Å². The maximum atomic E-state index is 12.8. The van der Waals surface area contributed by atoms with Crippen molar-refractivity contribution in [1.29, 1.82) is 0 Å². The van der Waals surface area contributed by atoms with E-state index in [-0.39, 0.29) is 5.91 Å². The number of ether oxygens (including phenoxy) is 2. The van der Waals surface area contributed by atoms with E-state index in [0.717, 1.165) is 18.4 Å². The van der Waals surface area contributed by atoms with Gasteiger partial charge in [0.05, 0.1) is 31.6 Å². The van der Waals surface area contributed by atoms with Crippen molar-refractivity contribution < 1.29 is 23.2 Å². The van der Waals surface area contributed by atoms with Gasteiger partial charge in [-0.25, -0.2) is 0 Å². The first-order chi connectivity index (χ1) is 13.7. The number of nitrogens with zero attached hydrogens (tertiary/aromatic N) is 1. The Morgan fingerprint density at radius 1 is 1.14 bits per heavy atom. The van der Waals surface area contributed by atoms with Gasteiger partial charge >= 0.3 is 0 Å². The SMILES string of the molecule is COc1ccc(CCNC(=O)C2(c3cc(-c4ccco4)on3)CC2)cc1OC. The Hall–Kier alpha value is -3.22. The average molecular weight is 382 g/mol. The zero-order valence-electron chi connectivity index (χ0n) is 15.9. The Morgan fingerprint density at radius 2 is 1.96 bits per heavy atom. The molecule has 2 heterocycles. The van der Waals surface area contributed by atoms with Crippen molar-refractivity contribution >= 4 is 5.91 Å². The van der Waals surface area contributed by atoms with E-state index in [4.69, 9.17) is 18.4 Å². The lowest BCUT2D eigenvalue weighted by Gasteiger charge is -2.13. The number of hydrogen-bond acceptors (Lipinski definition) is 6. The summed E-state index contributed by atoms with van der Waals surface area (Å²) in [6, 6.07) is 11.1. The van der Waals surface area contributed by atoms with Crippen LogP contribution in [0.4, 0.5) is 0 Å². The lowest BCUT2D eigenvalue weighted by molar-refractivity contribution is -0.123. The van der Waals surface area contributed by atoms with Crippen molar-refractivity contribution in [3.05, 3.63) is 53.9 Å². The molecule has 1 fully saturated rings. The Morgan fingerprint density at radius 3 is 2.64 bits per heavy atom. The quantitative estimate of drug-likeness (QED) is 0.643. The summed E-state index contributed by atoms with van der Waals surface area (Å²) < 4.78 is 21.2. The smallest absolute Gasteiger partial charge is 0.232 e. The molecule has 2 aromatic heterocycles. The van der Waals surface area contributed by atoms with Gasteiger partial charge in [0.1, 0.15) is 0 Å². The van der Waals surface area contributed by atoms with Crippen LogP contribution < -0.4 is 14.8 Å². The summed E-state index contributed by atoms with van der Waals surface area (Å²) in [5.41, 5.74) is 1.12. The van der Waals surface area contributed by atoms with Crippen LogP contribution in [0.3, 0.4) is 0 Å². The van der Waals surface area contributed by atoms with Crippen LogP contribution in [0.2, 0.25) is 0 Å². The number of hydrogen-bond donors (Lipinski definition) is 1. The van der Waals surface area contributed by atoms with Gasteiger partial charge in [0.25, 0.3) is 0 Å². The normalized spacial score (nSPS) is 14.5. The molecule has 0 bridgehead atoms. The molecule has 1 aliphatic rings. The zero-order chi connectivity index (χ0) is 19.6. The maximum absolute atomic E-state index is 12.8. The number of nitrogens with one attached hydrogen (secondary N) is 1. The number of amides is 1.